The normalized spacial score (nSPS) is 10.3. The second-order valence-corrected chi connectivity index (χ2v) is 5.31. The number of aromatic amines is 1. The Kier molecular flexibility index (Phi) is 4.94. The molecule has 0 aliphatic carbocycles. The highest BCUT2D eigenvalue weighted by Gasteiger charge is 2.07. The number of hydrogen-bond donors (Lipinski definition) is 3. The number of nitrogens with one attached hydrogen (secondary N) is 2. The highest BCUT2D eigenvalue weighted by molar-refractivity contribution is 7.99. The third-order valence-electron chi connectivity index (χ3n) is 2.54. The average Bonchev–Trinajstić information content (AvgIpc) is 2.40. The summed E-state index contributed by atoms with van der Waals surface area (Å²) in [5.74, 6) is 0.447. The number of H-pyrrole nitrogens is 1. The molecular weight excluding hydrogens is 292 g/mol. The average molecular weight is 306 g/mol. The number of nitrogens with zero attached hydrogens (tertiary/aromatic N) is 2. The number of aromatic nitrogens is 3. The summed E-state index contributed by atoms with van der Waals surface area (Å²) >= 11 is 1.18. The molecule has 0 aliphatic rings. The van der Waals surface area contributed by atoms with E-state index in [1.165, 1.54) is 11.8 Å². The van der Waals surface area contributed by atoms with Crippen molar-refractivity contribution >= 4 is 23.5 Å². The van der Waals surface area contributed by atoms with Gasteiger partial charge in [0.05, 0.1) is 6.07 Å². The minimum atomic E-state index is -0.432. The van der Waals surface area contributed by atoms with Gasteiger partial charge in [-0.2, -0.15) is 4.98 Å². The smallest absolute Gasteiger partial charge is 0.255 e. The van der Waals surface area contributed by atoms with Gasteiger partial charge in [-0.15, -0.1) is 0 Å². The van der Waals surface area contributed by atoms with Crippen molar-refractivity contribution in [2.45, 2.75) is 18.5 Å². The fraction of sp³-hybridized carbons (Fsp3) is 0.231. The Morgan fingerprint density at radius 2 is 2.33 bits per heavy atom. The number of carbonyl (C=O) groups excluding carboxylic acids is 1. The van der Waals surface area contributed by atoms with Crippen molar-refractivity contribution in [2.24, 2.45) is 0 Å². The standard InChI is InChI=1S/C13H14N4O3S/c1-8-3-2-5-14-12(8)15-9(18)4-6-21-13-16-10(19)7-11(20)17-13/h2-3,5,7H,4,6H2,1H3,(H,14,15,18)(H2,16,17,19,20). The van der Waals surface area contributed by atoms with Gasteiger partial charge >= 0.3 is 0 Å². The summed E-state index contributed by atoms with van der Waals surface area (Å²) < 4.78 is 0. The minimum absolute atomic E-state index is 0.174. The van der Waals surface area contributed by atoms with E-state index in [4.69, 9.17) is 0 Å². The van der Waals surface area contributed by atoms with E-state index in [0.717, 1.165) is 11.6 Å². The maximum atomic E-state index is 11.8. The maximum absolute atomic E-state index is 11.8. The lowest BCUT2D eigenvalue weighted by Gasteiger charge is -2.06. The van der Waals surface area contributed by atoms with Crippen LogP contribution < -0.4 is 10.9 Å². The molecule has 0 bridgehead atoms. The van der Waals surface area contributed by atoms with Crippen molar-refractivity contribution in [3.63, 3.8) is 0 Å². The van der Waals surface area contributed by atoms with Crippen molar-refractivity contribution in [3.05, 3.63) is 40.3 Å². The predicted molar refractivity (Wildman–Crippen MR) is 79.5 cm³/mol. The second-order valence-electron chi connectivity index (χ2n) is 4.22. The molecule has 0 spiro atoms. The van der Waals surface area contributed by atoms with Crippen LogP contribution in [0.1, 0.15) is 12.0 Å². The third-order valence-corrected chi connectivity index (χ3v) is 3.42. The van der Waals surface area contributed by atoms with Gasteiger partial charge in [0.15, 0.2) is 5.16 Å². The van der Waals surface area contributed by atoms with Crippen LogP contribution in [0.25, 0.3) is 0 Å². The largest absolute Gasteiger partial charge is 0.493 e. The molecule has 7 nitrogen and oxygen atoms in total. The molecule has 2 aromatic rings. The van der Waals surface area contributed by atoms with Crippen LogP contribution in [0.3, 0.4) is 0 Å². The van der Waals surface area contributed by atoms with Crippen LogP contribution in [-0.4, -0.2) is 31.7 Å². The van der Waals surface area contributed by atoms with Gasteiger partial charge in [0.2, 0.25) is 11.8 Å². The van der Waals surface area contributed by atoms with E-state index in [2.05, 4.69) is 20.3 Å². The van der Waals surface area contributed by atoms with Crippen LogP contribution in [0, 0.1) is 6.92 Å². The van der Waals surface area contributed by atoms with Gasteiger partial charge < -0.3 is 15.4 Å². The summed E-state index contributed by atoms with van der Waals surface area (Å²) in [7, 11) is 0. The summed E-state index contributed by atoms with van der Waals surface area (Å²) in [6.07, 6.45) is 1.85. The zero-order valence-electron chi connectivity index (χ0n) is 11.3. The molecule has 110 valence electrons. The van der Waals surface area contributed by atoms with Crippen LogP contribution in [0.4, 0.5) is 5.82 Å². The molecule has 0 aromatic carbocycles. The molecule has 0 unspecified atom stereocenters. The summed E-state index contributed by atoms with van der Waals surface area (Å²) in [5, 5.41) is 12.2. The molecule has 21 heavy (non-hydrogen) atoms. The molecule has 1 amide bonds. The molecule has 3 N–H and O–H groups in total. The van der Waals surface area contributed by atoms with Crippen LogP contribution in [0.2, 0.25) is 0 Å². The first-order valence-electron chi connectivity index (χ1n) is 6.19. The van der Waals surface area contributed by atoms with Crippen molar-refractivity contribution in [2.75, 3.05) is 11.1 Å². The van der Waals surface area contributed by atoms with Gasteiger partial charge in [-0.1, -0.05) is 17.8 Å². The Balaban J connectivity index is 1.84. The Labute approximate surface area is 124 Å². The first-order chi connectivity index (χ1) is 10.0. The molecule has 0 atom stereocenters. The molecular formula is C13H14N4O3S. The number of aryl methyl sites for hydroxylation is 1. The fourth-order valence-corrected chi connectivity index (χ4v) is 2.35. The highest BCUT2D eigenvalue weighted by atomic mass is 32.2. The van der Waals surface area contributed by atoms with Crippen LogP contribution >= 0.6 is 11.8 Å². The second kappa shape index (κ2) is 6.89. The van der Waals surface area contributed by atoms with Crippen molar-refractivity contribution in [1.82, 2.24) is 15.0 Å². The summed E-state index contributed by atoms with van der Waals surface area (Å²) in [4.78, 5) is 33.2. The Bertz CT molecular complexity index is 702. The zero-order valence-corrected chi connectivity index (χ0v) is 12.1. The van der Waals surface area contributed by atoms with E-state index in [9.17, 15) is 14.7 Å². The number of thioether (sulfide) groups is 1. The lowest BCUT2D eigenvalue weighted by molar-refractivity contribution is -0.115. The first-order valence-corrected chi connectivity index (χ1v) is 7.18. The molecule has 0 saturated heterocycles. The fourth-order valence-electron chi connectivity index (χ4n) is 1.54. The highest BCUT2D eigenvalue weighted by Crippen LogP contribution is 2.15. The lowest BCUT2D eigenvalue weighted by Crippen LogP contribution is -2.14. The molecule has 0 radical (unpaired) electrons. The number of amides is 1. The number of hydrogen-bond acceptors (Lipinski definition) is 6. The number of pyridine rings is 1. The van der Waals surface area contributed by atoms with Crippen molar-refractivity contribution in [3.8, 4) is 5.88 Å². The third kappa shape index (κ3) is 4.60. The van der Waals surface area contributed by atoms with Gasteiger partial charge in [-0.25, -0.2) is 4.98 Å². The Morgan fingerprint density at radius 1 is 1.52 bits per heavy atom. The molecule has 0 aliphatic heterocycles. The zero-order chi connectivity index (χ0) is 15.2. The number of anilines is 1. The van der Waals surface area contributed by atoms with Crippen molar-refractivity contribution < 1.29 is 9.90 Å². The quantitative estimate of drug-likeness (QED) is 0.567. The van der Waals surface area contributed by atoms with Gasteiger partial charge in [-0.05, 0) is 18.6 Å². The van der Waals surface area contributed by atoms with E-state index < -0.39 is 5.56 Å². The lowest BCUT2D eigenvalue weighted by atomic mass is 10.3. The van der Waals surface area contributed by atoms with E-state index in [0.29, 0.717) is 11.6 Å². The van der Waals surface area contributed by atoms with Gasteiger partial charge in [0.1, 0.15) is 5.82 Å². The first kappa shape index (κ1) is 15.0. The van der Waals surface area contributed by atoms with Crippen molar-refractivity contribution in [1.29, 1.82) is 0 Å². The van der Waals surface area contributed by atoms with Crippen LogP contribution in [-0.2, 0) is 4.79 Å². The Hall–Kier alpha value is -2.35. The number of aromatic hydroxyl groups is 1. The topological polar surface area (TPSA) is 108 Å². The molecule has 2 rings (SSSR count). The number of carbonyl (C=O) groups is 1. The molecule has 0 fully saturated rings. The summed E-state index contributed by atoms with van der Waals surface area (Å²) in [6.45, 7) is 1.86. The summed E-state index contributed by atoms with van der Waals surface area (Å²) in [5.41, 5.74) is 0.455. The van der Waals surface area contributed by atoms with Gasteiger partial charge in [0, 0.05) is 18.4 Å². The minimum Gasteiger partial charge on any atom is -0.493 e. The SMILES string of the molecule is Cc1cccnc1NC(=O)CCSc1nc(O)cc(=O)[nH]1. The number of rotatable bonds is 5. The molecule has 8 heteroatoms. The van der Waals surface area contributed by atoms with E-state index in [1.54, 1.807) is 12.3 Å². The van der Waals surface area contributed by atoms with E-state index in [1.807, 2.05) is 13.0 Å². The Morgan fingerprint density at radius 3 is 3.05 bits per heavy atom. The van der Waals surface area contributed by atoms with Gasteiger partial charge in [0.25, 0.3) is 5.56 Å². The molecule has 2 aromatic heterocycles. The predicted octanol–water partition coefficient (Wildman–Crippen LogP) is 1.30. The van der Waals surface area contributed by atoms with E-state index in [-0.39, 0.29) is 23.4 Å². The van der Waals surface area contributed by atoms with Crippen LogP contribution in [0.5, 0.6) is 5.88 Å². The van der Waals surface area contributed by atoms with Gasteiger partial charge in [-0.3, -0.25) is 9.59 Å². The maximum Gasteiger partial charge on any atom is 0.255 e. The molecule has 2 heterocycles. The van der Waals surface area contributed by atoms with Crippen LogP contribution in [0.15, 0.2) is 34.3 Å². The summed E-state index contributed by atoms with van der Waals surface area (Å²) in [6, 6.07) is 4.64. The molecule has 0 saturated carbocycles. The monoisotopic (exact) mass is 306 g/mol. The van der Waals surface area contributed by atoms with E-state index >= 15 is 0 Å².